The van der Waals surface area contributed by atoms with Gasteiger partial charge in [-0.3, -0.25) is 19.2 Å². The number of benzene rings is 3. The first-order valence-corrected chi connectivity index (χ1v) is 17.0. The molecule has 0 aromatic heterocycles. The number of Topliss-reactive ketones (excluding diaryl/α,β-unsaturated/α-hetero) is 1. The maximum atomic E-state index is 13.6. The molecule has 1 aliphatic heterocycles. The number of ketones is 1. The number of cyclic esters (lactones) is 1. The van der Waals surface area contributed by atoms with Crippen molar-refractivity contribution in [3.8, 4) is 17.2 Å². The molecule has 5 N–H and O–H groups in total. The molecule has 0 radical (unpaired) electrons. The van der Waals surface area contributed by atoms with Gasteiger partial charge in [0.05, 0.1) is 13.2 Å². The molecular weight excluding hydrogens is 654 g/mol. The lowest BCUT2D eigenvalue weighted by Crippen LogP contribution is -2.29. The fourth-order valence-corrected chi connectivity index (χ4v) is 5.88. The molecule has 12 nitrogen and oxygen atoms in total. The number of rotatable bonds is 10. The molecule has 0 fully saturated rings. The molecule has 4 rings (SSSR count). The Morgan fingerprint density at radius 2 is 1.61 bits per heavy atom. The zero-order chi connectivity index (χ0) is 36.9. The van der Waals surface area contributed by atoms with Crippen LogP contribution in [0.25, 0.3) is 6.08 Å². The number of amides is 3. The third-order valence-electron chi connectivity index (χ3n) is 8.47. The van der Waals surface area contributed by atoms with E-state index in [1.54, 1.807) is 67.6 Å². The molecule has 0 aliphatic carbocycles. The van der Waals surface area contributed by atoms with E-state index in [4.69, 9.17) is 9.47 Å². The van der Waals surface area contributed by atoms with Crippen LogP contribution in [0.3, 0.4) is 0 Å². The van der Waals surface area contributed by atoms with Gasteiger partial charge in [0.1, 0.15) is 28.6 Å². The summed E-state index contributed by atoms with van der Waals surface area (Å²) >= 11 is 0. The fraction of sp³-hybridized carbons (Fsp3) is 0.359. The molecular formula is C39H45N3O9. The SMILES string of the molecule is COc1ccc(C(CC(=O)NCCC(=O)Nc2ccc(NC(C)=O)cc2)c2c(O)cc3c(c2O)C(=O)OC(C)CCCC(=O)CCCC=C3)cc1. The topological polar surface area (TPSA) is 180 Å². The Labute approximate surface area is 297 Å². The summed E-state index contributed by atoms with van der Waals surface area (Å²) in [5, 5.41) is 31.2. The number of ether oxygens (including phenoxy) is 2. The number of carbonyl (C=O) groups is 5. The van der Waals surface area contributed by atoms with Crippen LogP contribution < -0.4 is 20.7 Å². The quantitative estimate of drug-likeness (QED) is 0.154. The minimum Gasteiger partial charge on any atom is -0.507 e. The minimum absolute atomic E-state index is 0.00668. The molecule has 3 aromatic carbocycles. The molecule has 12 heteroatoms. The number of phenols is 2. The molecule has 3 aromatic rings. The first kappa shape index (κ1) is 38.2. The van der Waals surface area contributed by atoms with Gasteiger partial charge in [-0.2, -0.15) is 0 Å². The monoisotopic (exact) mass is 699 g/mol. The van der Waals surface area contributed by atoms with Crippen molar-refractivity contribution in [3.63, 3.8) is 0 Å². The van der Waals surface area contributed by atoms with Crippen LogP contribution in [0.1, 0.15) is 98.2 Å². The molecule has 2 unspecified atom stereocenters. The zero-order valence-electron chi connectivity index (χ0n) is 29.1. The number of phenolic OH excluding ortho intramolecular Hbond substituents is 2. The van der Waals surface area contributed by atoms with Gasteiger partial charge < -0.3 is 35.6 Å². The Bertz CT molecular complexity index is 1750. The second-order valence-electron chi connectivity index (χ2n) is 12.5. The van der Waals surface area contributed by atoms with Gasteiger partial charge in [-0.15, -0.1) is 0 Å². The van der Waals surface area contributed by atoms with Gasteiger partial charge in [0.15, 0.2) is 0 Å². The van der Waals surface area contributed by atoms with Crippen molar-refractivity contribution in [2.75, 3.05) is 24.3 Å². The summed E-state index contributed by atoms with van der Waals surface area (Å²) in [4.78, 5) is 62.9. The fourth-order valence-electron chi connectivity index (χ4n) is 5.88. The van der Waals surface area contributed by atoms with Crippen LogP contribution in [0, 0.1) is 0 Å². The summed E-state index contributed by atoms with van der Waals surface area (Å²) in [6.45, 7) is 3.12. The Morgan fingerprint density at radius 3 is 2.27 bits per heavy atom. The van der Waals surface area contributed by atoms with Gasteiger partial charge in [0.25, 0.3) is 0 Å². The van der Waals surface area contributed by atoms with E-state index in [2.05, 4.69) is 16.0 Å². The van der Waals surface area contributed by atoms with Crippen LogP contribution in [0.2, 0.25) is 0 Å². The zero-order valence-corrected chi connectivity index (χ0v) is 29.1. The summed E-state index contributed by atoms with van der Waals surface area (Å²) in [5.74, 6) is -2.85. The highest BCUT2D eigenvalue weighted by Crippen LogP contribution is 2.44. The number of hydrogen-bond donors (Lipinski definition) is 5. The van der Waals surface area contributed by atoms with E-state index in [1.807, 2.05) is 0 Å². The van der Waals surface area contributed by atoms with Crippen molar-refractivity contribution in [3.05, 3.63) is 82.9 Å². The molecule has 0 spiro atoms. The predicted octanol–water partition coefficient (Wildman–Crippen LogP) is 6.21. The van der Waals surface area contributed by atoms with Gasteiger partial charge >= 0.3 is 5.97 Å². The highest BCUT2D eigenvalue weighted by atomic mass is 16.5. The van der Waals surface area contributed by atoms with Crippen molar-refractivity contribution >= 4 is 46.9 Å². The van der Waals surface area contributed by atoms with Crippen molar-refractivity contribution in [1.29, 1.82) is 0 Å². The Morgan fingerprint density at radius 1 is 0.941 bits per heavy atom. The number of fused-ring (bicyclic) bond motifs is 1. The van der Waals surface area contributed by atoms with E-state index < -0.39 is 29.6 Å². The molecule has 3 amide bonds. The Balaban J connectivity index is 1.57. The van der Waals surface area contributed by atoms with E-state index in [0.29, 0.717) is 61.2 Å². The van der Waals surface area contributed by atoms with Crippen molar-refractivity contribution < 1.29 is 43.7 Å². The number of hydrogen-bond acceptors (Lipinski definition) is 9. The highest BCUT2D eigenvalue weighted by molar-refractivity contribution is 5.98. The first-order chi connectivity index (χ1) is 24.4. The maximum Gasteiger partial charge on any atom is 0.342 e. The van der Waals surface area contributed by atoms with E-state index >= 15 is 0 Å². The largest absolute Gasteiger partial charge is 0.507 e. The van der Waals surface area contributed by atoms with Crippen molar-refractivity contribution in [2.45, 2.75) is 77.2 Å². The summed E-state index contributed by atoms with van der Waals surface area (Å²) in [7, 11) is 1.51. The van der Waals surface area contributed by atoms with Crippen LogP contribution in [0.5, 0.6) is 17.2 Å². The molecule has 1 heterocycles. The average Bonchev–Trinajstić information content (AvgIpc) is 3.07. The summed E-state index contributed by atoms with van der Waals surface area (Å²) in [5.41, 5.74) is 1.73. The normalized spacial score (nSPS) is 15.8. The lowest BCUT2D eigenvalue weighted by Gasteiger charge is -2.23. The number of allylic oxidation sites excluding steroid dienone is 1. The molecule has 0 bridgehead atoms. The van der Waals surface area contributed by atoms with Gasteiger partial charge in [0.2, 0.25) is 17.7 Å². The number of esters is 1. The van der Waals surface area contributed by atoms with Crippen LogP contribution in [-0.2, 0) is 23.9 Å². The van der Waals surface area contributed by atoms with Crippen LogP contribution >= 0.6 is 0 Å². The number of methoxy groups -OCH3 is 1. The van der Waals surface area contributed by atoms with E-state index in [0.717, 1.165) is 0 Å². The summed E-state index contributed by atoms with van der Waals surface area (Å²) in [6.07, 6.45) is 5.61. The van der Waals surface area contributed by atoms with Crippen LogP contribution in [0.4, 0.5) is 11.4 Å². The second kappa shape index (κ2) is 18.4. The maximum absolute atomic E-state index is 13.6. The molecule has 51 heavy (non-hydrogen) atoms. The number of aromatic hydroxyl groups is 2. The molecule has 0 saturated heterocycles. The summed E-state index contributed by atoms with van der Waals surface area (Å²) in [6, 6.07) is 14.7. The third-order valence-corrected chi connectivity index (χ3v) is 8.47. The summed E-state index contributed by atoms with van der Waals surface area (Å²) < 4.78 is 11.0. The third kappa shape index (κ3) is 11.2. The first-order valence-electron chi connectivity index (χ1n) is 17.0. The van der Waals surface area contributed by atoms with Gasteiger partial charge in [-0.1, -0.05) is 24.3 Å². The Kier molecular flexibility index (Phi) is 13.7. The number of carbonyl (C=O) groups excluding carboxylic acids is 5. The number of anilines is 2. The number of nitrogens with one attached hydrogen (secondary N) is 3. The molecule has 1 aliphatic rings. The van der Waals surface area contributed by atoms with Crippen molar-refractivity contribution in [2.24, 2.45) is 0 Å². The van der Waals surface area contributed by atoms with Gasteiger partial charge in [-0.25, -0.2) is 4.79 Å². The lowest BCUT2D eigenvalue weighted by atomic mass is 9.84. The van der Waals surface area contributed by atoms with E-state index in [9.17, 15) is 34.2 Å². The highest BCUT2D eigenvalue weighted by Gasteiger charge is 2.31. The molecule has 2 atom stereocenters. The lowest BCUT2D eigenvalue weighted by molar-refractivity contribution is -0.122. The van der Waals surface area contributed by atoms with E-state index in [1.165, 1.54) is 20.1 Å². The molecule has 0 saturated carbocycles. The second-order valence-corrected chi connectivity index (χ2v) is 12.5. The minimum atomic E-state index is -0.912. The Hall–Kier alpha value is -5.65. The van der Waals surface area contributed by atoms with Gasteiger partial charge in [-0.05, 0) is 86.2 Å². The predicted molar refractivity (Wildman–Crippen MR) is 193 cm³/mol. The van der Waals surface area contributed by atoms with Crippen molar-refractivity contribution in [1.82, 2.24) is 5.32 Å². The van der Waals surface area contributed by atoms with Crippen LogP contribution in [-0.4, -0.2) is 59.4 Å². The van der Waals surface area contributed by atoms with E-state index in [-0.39, 0.29) is 59.4 Å². The van der Waals surface area contributed by atoms with Gasteiger partial charge in [0, 0.05) is 62.0 Å². The molecule has 270 valence electrons. The smallest absolute Gasteiger partial charge is 0.342 e. The van der Waals surface area contributed by atoms with Crippen LogP contribution in [0.15, 0.2) is 60.7 Å². The average molecular weight is 700 g/mol. The standard InChI is InChI=1S/C39H45N3O9/c1-24-8-7-11-30(44)10-6-4-5-9-27-22-33(45)37(38(48)36(27)39(49)51-24)32(26-12-18-31(50-3)19-13-26)23-35(47)40-21-20-34(46)42-29-16-14-28(15-17-29)41-25(2)43/h5,9,12-19,22,24,32,45,48H,4,6-8,10-11,20-21,23H2,1-3H3,(H,40,47)(H,41,43)(H,42,46).